The van der Waals surface area contributed by atoms with Gasteiger partial charge in [-0.3, -0.25) is 4.98 Å². The second-order valence-corrected chi connectivity index (χ2v) is 7.65. The smallest absolute Gasteiger partial charge is 0.119 e. The van der Waals surface area contributed by atoms with Crippen molar-refractivity contribution in [2.24, 2.45) is 0 Å². The van der Waals surface area contributed by atoms with Crippen LogP contribution in [0.3, 0.4) is 0 Å². The van der Waals surface area contributed by atoms with Crippen molar-refractivity contribution in [1.29, 1.82) is 0 Å². The molecule has 0 saturated heterocycles. The van der Waals surface area contributed by atoms with Crippen molar-refractivity contribution in [1.82, 2.24) is 4.98 Å². The molecule has 1 aromatic heterocycles. The van der Waals surface area contributed by atoms with Crippen LogP contribution in [0.5, 0.6) is 5.75 Å². The maximum atomic E-state index is 5.75. The van der Waals surface area contributed by atoms with E-state index in [-0.39, 0.29) is 0 Å². The van der Waals surface area contributed by atoms with Gasteiger partial charge in [0, 0.05) is 17.5 Å². The Morgan fingerprint density at radius 2 is 1.21 bits per heavy atom. The Hall–Kier alpha value is -2.61. The molecule has 1 heterocycles. The fourth-order valence-electron chi connectivity index (χ4n) is 3.41. The Balaban J connectivity index is 1.59. The quantitative estimate of drug-likeness (QED) is 0.314. The molecule has 0 bridgehead atoms. The number of pyridine rings is 1. The lowest BCUT2D eigenvalue weighted by molar-refractivity contribution is 0.309. The Labute approximate surface area is 176 Å². The first-order valence-corrected chi connectivity index (χ1v) is 11.1. The summed E-state index contributed by atoms with van der Waals surface area (Å²) in [6.45, 7) is 5.21. The fourth-order valence-corrected chi connectivity index (χ4v) is 3.41. The van der Waals surface area contributed by atoms with Crippen molar-refractivity contribution in [3.8, 4) is 28.0 Å². The maximum Gasteiger partial charge on any atom is 0.119 e. The molecule has 29 heavy (non-hydrogen) atoms. The number of nitrogens with zero attached hydrogens (tertiary/aromatic N) is 1. The molecule has 0 amide bonds. The zero-order chi connectivity index (χ0) is 20.3. The van der Waals surface area contributed by atoms with E-state index in [9.17, 15) is 0 Å². The molecule has 0 fully saturated rings. The van der Waals surface area contributed by atoms with Gasteiger partial charge in [0.15, 0.2) is 0 Å². The van der Waals surface area contributed by atoms with Crippen molar-refractivity contribution >= 4 is 0 Å². The standard InChI is InChI=1S/C27H33NO/c1-3-5-7-8-9-26-17-14-25(21-28-26)24-12-10-22(11-13-24)23-15-18-27(19-16-23)29-20-6-4-2/h10-19,21H,3-9,20H2,1-2H3. The summed E-state index contributed by atoms with van der Waals surface area (Å²) >= 11 is 0. The number of rotatable bonds is 11. The number of aromatic nitrogens is 1. The maximum absolute atomic E-state index is 5.75. The predicted octanol–water partition coefficient (Wildman–Crippen LogP) is 7.72. The summed E-state index contributed by atoms with van der Waals surface area (Å²) in [7, 11) is 0. The lowest BCUT2D eigenvalue weighted by Crippen LogP contribution is -1.95. The zero-order valence-electron chi connectivity index (χ0n) is 17.9. The molecular weight excluding hydrogens is 354 g/mol. The average molecular weight is 388 g/mol. The van der Waals surface area contributed by atoms with E-state index in [1.807, 2.05) is 6.20 Å². The lowest BCUT2D eigenvalue weighted by atomic mass is 10.0. The van der Waals surface area contributed by atoms with Gasteiger partial charge in [-0.05, 0) is 54.2 Å². The molecule has 152 valence electrons. The van der Waals surface area contributed by atoms with Crippen LogP contribution >= 0.6 is 0 Å². The van der Waals surface area contributed by atoms with Crippen LogP contribution in [0.1, 0.15) is 58.1 Å². The van der Waals surface area contributed by atoms with E-state index in [2.05, 4.69) is 79.5 Å². The summed E-state index contributed by atoms with van der Waals surface area (Å²) in [5, 5.41) is 0. The van der Waals surface area contributed by atoms with Gasteiger partial charge in [-0.2, -0.15) is 0 Å². The van der Waals surface area contributed by atoms with E-state index < -0.39 is 0 Å². The summed E-state index contributed by atoms with van der Waals surface area (Å²) in [4.78, 5) is 4.66. The van der Waals surface area contributed by atoms with Crippen molar-refractivity contribution < 1.29 is 4.74 Å². The minimum absolute atomic E-state index is 0.788. The minimum Gasteiger partial charge on any atom is -0.494 e. The molecule has 0 aliphatic carbocycles. The van der Waals surface area contributed by atoms with Crippen molar-refractivity contribution in [3.05, 3.63) is 72.6 Å². The lowest BCUT2D eigenvalue weighted by Gasteiger charge is -2.08. The third-order valence-electron chi connectivity index (χ3n) is 5.28. The summed E-state index contributed by atoms with van der Waals surface area (Å²) in [6, 6.07) is 21.5. The first-order valence-electron chi connectivity index (χ1n) is 11.1. The van der Waals surface area contributed by atoms with Gasteiger partial charge in [0.25, 0.3) is 0 Å². The molecule has 0 saturated carbocycles. The van der Waals surface area contributed by atoms with Gasteiger partial charge < -0.3 is 4.74 Å². The van der Waals surface area contributed by atoms with Gasteiger partial charge >= 0.3 is 0 Å². The van der Waals surface area contributed by atoms with Gasteiger partial charge in [0.2, 0.25) is 0 Å². The van der Waals surface area contributed by atoms with Crippen molar-refractivity contribution in [2.75, 3.05) is 6.61 Å². The first kappa shape index (κ1) is 21.1. The average Bonchev–Trinajstić information content (AvgIpc) is 2.78. The molecule has 0 atom stereocenters. The topological polar surface area (TPSA) is 22.1 Å². The SMILES string of the molecule is CCCCCCc1ccc(-c2ccc(-c3ccc(OCCCC)cc3)cc2)cn1. The van der Waals surface area contributed by atoms with Gasteiger partial charge in [-0.1, -0.05) is 82.0 Å². The Kier molecular flexibility index (Phi) is 8.30. The van der Waals surface area contributed by atoms with Crippen molar-refractivity contribution in [3.63, 3.8) is 0 Å². The Morgan fingerprint density at radius 3 is 1.79 bits per heavy atom. The molecule has 2 aromatic carbocycles. The Bertz CT molecular complexity index is 835. The summed E-state index contributed by atoms with van der Waals surface area (Å²) < 4.78 is 5.75. The van der Waals surface area contributed by atoms with Crippen LogP contribution in [0, 0.1) is 0 Å². The van der Waals surface area contributed by atoms with Crippen LogP contribution in [0.4, 0.5) is 0 Å². The summed E-state index contributed by atoms with van der Waals surface area (Å²) in [6.07, 6.45) is 10.5. The molecule has 0 spiro atoms. The summed E-state index contributed by atoms with van der Waals surface area (Å²) in [5.74, 6) is 0.944. The largest absolute Gasteiger partial charge is 0.494 e. The number of hydrogen-bond acceptors (Lipinski definition) is 2. The van der Waals surface area contributed by atoms with E-state index in [0.29, 0.717) is 0 Å². The van der Waals surface area contributed by atoms with Crippen LogP contribution in [0.25, 0.3) is 22.3 Å². The van der Waals surface area contributed by atoms with Crippen LogP contribution in [-0.4, -0.2) is 11.6 Å². The van der Waals surface area contributed by atoms with Gasteiger partial charge in [-0.15, -0.1) is 0 Å². The number of ether oxygens (including phenoxy) is 1. The third kappa shape index (κ3) is 6.45. The molecular formula is C27H33NO. The normalized spacial score (nSPS) is 10.8. The highest BCUT2D eigenvalue weighted by Gasteiger charge is 2.03. The van der Waals surface area contributed by atoms with Crippen LogP contribution in [0.15, 0.2) is 66.9 Å². The summed E-state index contributed by atoms with van der Waals surface area (Å²) in [5.41, 5.74) is 6.00. The van der Waals surface area contributed by atoms with Crippen molar-refractivity contribution in [2.45, 2.75) is 58.8 Å². The highest BCUT2D eigenvalue weighted by Crippen LogP contribution is 2.26. The molecule has 3 rings (SSSR count). The molecule has 2 heteroatoms. The van der Waals surface area contributed by atoms with Crippen LogP contribution in [0.2, 0.25) is 0 Å². The van der Waals surface area contributed by atoms with Crippen LogP contribution < -0.4 is 4.74 Å². The molecule has 0 aliphatic rings. The first-order chi connectivity index (χ1) is 14.3. The molecule has 3 aromatic rings. The van der Waals surface area contributed by atoms with Gasteiger partial charge in [0.05, 0.1) is 6.61 Å². The highest BCUT2D eigenvalue weighted by atomic mass is 16.5. The number of hydrogen-bond donors (Lipinski definition) is 0. The van der Waals surface area contributed by atoms with E-state index in [0.717, 1.165) is 31.6 Å². The monoisotopic (exact) mass is 387 g/mol. The highest BCUT2D eigenvalue weighted by molar-refractivity contribution is 5.70. The van der Waals surface area contributed by atoms with Crippen LogP contribution in [-0.2, 0) is 6.42 Å². The zero-order valence-corrected chi connectivity index (χ0v) is 17.9. The molecule has 0 radical (unpaired) electrons. The Morgan fingerprint density at radius 1 is 0.621 bits per heavy atom. The molecule has 2 nitrogen and oxygen atoms in total. The van der Waals surface area contributed by atoms with E-state index in [1.54, 1.807) is 0 Å². The van der Waals surface area contributed by atoms with E-state index >= 15 is 0 Å². The number of unbranched alkanes of at least 4 members (excludes halogenated alkanes) is 4. The molecule has 0 unspecified atom stereocenters. The molecule has 0 aliphatic heterocycles. The van der Waals surface area contributed by atoms with E-state index in [1.165, 1.54) is 53.6 Å². The van der Waals surface area contributed by atoms with Gasteiger partial charge in [-0.25, -0.2) is 0 Å². The minimum atomic E-state index is 0.788. The van der Waals surface area contributed by atoms with E-state index in [4.69, 9.17) is 4.74 Å². The third-order valence-corrected chi connectivity index (χ3v) is 5.28. The van der Waals surface area contributed by atoms with Gasteiger partial charge in [0.1, 0.15) is 5.75 Å². The molecule has 0 N–H and O–H groups in total. The number of benzene rings is 2. The second kappa shape index (κ2) is 11.4. The predicted molar refractivity (Wildman–Crippen MR) is 123 cm³/mol. The number of aryl methyl sites for hydroxylation is 1. The fraction of sp³-hybridized carbons (Fsp3) is 0.370. The second-order valence-electron chi connectivity index (χ2n) is 7.65.